The molecule has 11 heteroatoms. The topological polar surface area (TPSA) is 78.1 Å². The molecule has 0 radical (unpaired) electrons. The molecule has 2 N–H and O–H groups in total. The van der Waals surface area contributed by atoms with E-state index in [1.165, 1.54) is 18.2 Å². The van der Waals surface area contributed by atoms with Gasteiger partial charge in [-0.15, -0.1) is 0 Å². The average Bonchev–Trinajstić information content (AvgIpc) is 2.74. The summed E-state index contributed by atoms with van der Waals surface area (Å²) in [6, 6.07) is 7.44. The first kappa shape index (κ1) is 26.0. The third-order valence-electron chi connectivity index (χ3n) is 4.39. The van der Waals surface area contributed by atoms with Crippen LogP contribution in [0.4, 0.5) is 26.3 Å². The third kappa shape index (κ3) is 7.39. The van der Waals surface area contributed by atoms with Crippen molar-refractivity contribution in [3.05, 3.63) is 58.7 Å². The summed E-state index contributed by atoms with van der Waals surface area (Å²) >= 11 is 0. The molecule has 0 saturated heterocycles. The molecule has 0 heterocycles. The summed E-state index contributed by atoms with van der Waals surface area (Å²) in [7, 11) is 0. The van der Waals surface area contributed by atoms with E-state index in [1.807, 2.05) is 13.8 Å². The van der Waals surface area contributed by atoms with E-state index in [-0.39, 0.29) is 36.3 Å². The van der Waals surface area contributed by atoms with Crippen LogP contribution < -0.4 is 14.8 Å². The number of hydrogen-bond acceptors (Lipinski definition) is 5. The number of benzene rings is 2. The predicted molar refractivity (Wildman–Crippen MR) is 109 cm³/mol. The van der Waals surface area contributed by atoms with Gasteiger partial charge in [-0.1, -0.05) is 13.8 Å². The van der Waals surface area contributed by atoms with E-state index in [9.17, 15) is 26.3 Å². The van der Waals surface area contributed by atoms with Crippen molar-refractivity contribution in [3.8, 4) is 17.6 Å². The number of halogens is 6. The summed E-state index contributed by atoms with van der Waals surface area (Å²) in [5.41, 5.74) is -3.10. The van der Waals surface area contributed by atoms with Gasteiger partial charge >= 0.3 is 12.4 Å². The molecular formula is C22H21F6N3O2. The Bertz CT molecular complexity index is 1010. The molecule has 0 saturated carbocycles. The molecule has 0 aromatic heterocycles. The van der Waals surface area contributed by atoms with Crippen LogP contribution in [0.2, 0.25) is 0 Å². The van der Waals surface area contributed by atoms with Gasteiger partial charge in [0.25, 0.3) is 0 Å². The van der Waals surface area contributed by atoms with E-state index in [0.29, 0.717) is 12.3 Å². The first-order chi connectivity index (χ1) is 15.3. The van der Waals surface area contributed by atoms with E-state index in [1.54, 1.807) is 0 Å². The molecule has 0 spiro atoms. The van der Waals surface area contributed by atoms with Gasteiger partial charge in [-0.2, -0.15) is 31.6 Å². The highest BCUT2D eigenvalue weighted by Crippen LogP contribution is 2.35. The minimum absolute atomic E-state index is 0.00568. The van der Waals surface area contributed by atoms with E-state index < -0.39 is 35.1 Å². The zero-order valence-corrected chi connectivity index (χ0v) is 17.6. The predicted octanol–water partition coefficient (Wildman–Crippen LogP) is 5.42. The molecule has 0 aliphatic heterocycles. The zero-order chi connectivity index (χ0) is 24.8. The summed E-state index contributed by atoms with van der Waals surface area (Å²) in [5, 5.41) is 19.1. The Morgan fingerprint density at radius 3 is 2.15 bits per heavy atom. The van der Waals surface area contributed by atoms with Crippen LogP contribution in [0.3, 0.4) is 0 Å². The van der Waals surface area contributed by atoms with Gasteiger partial charge in [-0.05, 0) is 36.4 Å². The molecule has 178 valence electrons. The maximum Gasteiger partial charge on any atom is 0.417 e. The Balaban J connectivity index is 2.25. The highest BCUT2D eigenvalue weighted by Gasteiger charge is 2.35. The number of nitrogens with one attached hydrogen (secondary N) is 2. The molecule has 33 heavy (non-hydrogen) atoms. The lowest BCUT2D eigenvalue weighted by atomic mass is 10.1. The number of ether oxygens (including phenoxy) is 2. The summed E-state index contributed by atoms with van der Waals surface area (Å²) in [6.45, 7) is 3.51. The van der Waals surface area contributed by atoms with Gasteiger partial charge in [0.2, 0.25) is 0 Å². The second-order valence-corrected chi connectivity index (χ2v) is 7.32. The van der Waals surface area contributed by atoms with Crippen molar-refractivity contribution in [1.82, 2.24) is 5.32 Å². The van der Waals surface area contributed by atoms with Crippen LogP contribution in [0.15, 0.2) is 36.4 Å². The Morgan fingerprint density at radius 1 is 1.00 bits per heavy atom. The number of nitriles is 1. The van der Waals surface area contributed by atoms with Crippen molar-refractivity contribution in [3.63, 3.8) is 0 Å². The number of rotatable bonds is 9. The average molecular weight is 473 g/mol. The van der Waals surface area contributed by atoms with Crippen molar-refractivity contribution in [1.29, 1.82) is 10.7 Å². The van der Waals surface area contributed by atoms with E-state index >= 15 is 0 Å². The van der Waals surface area contributed by atoms with Crippen LogP contribution in [0.5, 0.6) is 11.5 Å². The molecule has 1 unspecified atom stereocenters. The summed E-state index contributed by atoms with van der Waals surface area (Å²) in [5.74, 6) is -0.308. The summed E-state index contributed by atoms with van der Waals surface area (Å²) in [6.07, 6.45) is -9.74. The minimum Gasteiger partial charge on any atom is -0.490 e. The largest absolute Gasteiger partial charge is 0.490 e. The first-order valence-corrected chi connectivity index (χ1v) is 9.71. The van der Waals surface area contributed by atoms with Crippen molar-refractivity contribution in [2.75, 3.05) is 13.2 Å². The van der Waals surface area contributed by atoms with Gasteiger partial charge in [-0.3, -0.25) is 0 Å². The molecule has 2 aromatic carbocycles. The second kappa shape index (κ2) is 10.6. The van der Waals surface area contributed by atoms with Crippen LogP contribution in [-0.2, 0) is 12.4 Å². The zero-order valence-electron chi connectivity index (χ0n) is 17.6. The van der Waals surface area contributed by atoms with Gasteiger partial charge in [0.15, 0.2) is 0 Å². The van der Waals surface area contributed by atoms with E-state index in [4.69, 9.17) is 20.1 Å². The molecule has 0 amide bonds. The smallest absolute Gasteiger partial charge is 0.417 e. The number of hydrogen-bond donors (Lipinski definition) is 2. The Morgan fingerprint density at radius 2 is 1.61 bits per heavy atom. The lowest BCUT2D eigenvalue weighted by Gasteiger charge is -2.22. The van der Waals surface area contributed by atoms with E-state index in [0.717, 1.165) is 18.2 Å². The van der Waals surface area contributed by atoms with Crippen LogP contribution in [0.1, 0.15) is 36.1 Å². The van der Waals surface area contributed by atoms with Gasteiger partial charge in [-0.25, -0.2) is 0 Å². The molecule has 1 atom stereocenters. The van der Waals surface area contributed by atoms with Crippen LogP contribution in [0.25, 0.3) is 0 Å². The fraction of sp³-hybridized carbons (Fsp3) is 0.364. The highest BCUT2D eigenvalue weighted by atomic mass is 19.4. The van der Waals surface area contributed by atoms with Crippen LogP contribution >= 0.6 is 0 Å². The summed E-state index contributed by atoms with van der Waals surface area (Å²) < 4.78 is 90.3. The third-order valence-corrected chi connectivity index (χ3v) is 4.39. The quantitative estimate of drug-likeness (QED) is 0.377. The van der Waals surface area contributed by atoms with Crippen molar-refractivity contribution in [2.45, 2.75) is 38.3 Å². The molecule has 0 fully saturated rings. The Hall–Kier alpha value is -3.26. The highest BCUT2D eigenvalue weighted by molar-refractivity contribution is 5.80. The maximum atomic E-state index is 13.3. The van der Waals surface area contributed by atoms with Gasteiger partial charge in [0, 0.05) is 24.4 Å². The maximum absolute atomic E-state index is 13.3. The minimum atomic E-state index is -4.76. The molecule has 5 nitrogen and oxygen atoms in total. The number of alkyl halides is 6. The second-order valence-electron chi connectivity index (χ2n) is 7.32. The summed E-state index contributed by atoms with van der Waals surface area (Å²) in [4.78, 5) is 0. The SMILES string of the molecule is CC(C)NCC(COc1ccc(C#N)c(C(F)(F)F)c1)Oc1ccc(C=N)c(C(F)(F)F)c1. The molecule has 2 aromatic rings. The van der Waals surface area contributed by atoms with Crippen molar-refractivity contribution < 1.29 is 35.8 Å². The molecule has 0 aliphatic carbocycles. The Kier molecular flexibility index (Phi) is 8.33. The van der Waals surface area contributed by atoms with Gasteiger partial charge in [0.1, 0.15) is 24.2 Å². The lowest BCUT2D eigenvalue weighted by Crippen LogP contribution is -2.39. The van der Waals surface area contributed by atoms with Crippen LogP contribution in [-0.4, -0.2) is 31.5 Å². The standard InChI is InChI=1S/C22H21F6N3O2/c1-13(2)31-11-18(33-17-6-4-15(10-30)20(8-17)22(26,27)28)12-32-16-5-3-14(9-29)19(7-16)21(23,24)25/h3-8,10,13,18,30-31H,11-12H2,1-2H3. The molecular weight excluding hydrogens is 452 g/mol. The molecule has 2 rings (SSSR count). The molecule has 0 bridgehead atoms. The normalized spacial score (nSPS) is 12.8. The monoisotopic (exact) mass is 473 g/mol. The van der Waals surface area contributed by atoms with E-state index in [2.05, 4.69) is 5.32 Å². The fourth-order valence-electron chi connectivity index (χ4n) is 2.81. The van der Waals surface area contributed by atoms with Crippen molar-refractivity contribution >= 4 is 6.21 Å². The van der Waals surface area contributed by atoms with Gasteiger partial charge in [0.05, 0.1) is 22.8 Å². The lowest BCUT2D eigenvalue weighted by molar-refractivity contribution is -0.138. The van der Waals surface area contributed by atoms with Gasteiger partial charge < -0.3 is 20.2 Å². The fourth-order valence-corrected chi connectivity index (χ4v) is 2.81. The van der Waals surface area contributed by atoms with Crippen molar-refractivity contribution in [2.24, 2.45) is 0 Å². The van der Waals surface area contributed by atoms with Crippen LogP contribution in [0, 0.1) is 16.7 Å². The first-order valence-electron chi connectivity index (χ1n) is 9.71. The Labute approximate surface area is 186 Å². The number of nitrogens with zero attached hydrogens (tertiary/aromatic N) is 1. The molecule has 0 aliphatic rings.